The van der Waals surface area contributed by atoms with Gasteiger partial charge >= 0.3 is 0 Å². The van der Waals surface area contributed by atoms with Crippen LogP contribution in [-0.2, 0) is 7.05 Å². The maximum atomic E-state index is 12.9. The van der Waals surface area contributed by atoms with Crippen LogP contribution < -0.4 is 11.1 Å². The van der Waals surface area contributed by atoms with Crippen molar-refractivity contribution < 1.29 is 4.79 Å². The van der Waals surface area contributed by atoms with Crippen molar-refractivity contribution in [3.8, 4) is 11.3 Å². The van der Waals surface area contributed by atoms with Gasteiger partial charge in [0.15, 0.2) is 5.65 Å². The lowest BCUT2D eigenvalue weighted by Gasteiger charge is -2.13. The third-order valence-electron chi connectivity index (χ3n) is 5.01. The smallest absolute Gasteiger partial charge is 0.252 e. The summed E-state index contributed by atoms with van der Waals surface area (Å²) in [6, 6.07) is 11.7. The van der Waals surface area contributed by atoms with Crippen molar-refractivity contribution in [2.24, 2.45) is 18.7 Å². The van der Waals surface area contributed by atoms with Gasteiger partial charge in [-0.1, -0.05) is 30.3 Å². The summed E-state index contributed by atoms with van der Waals surface area (Å²) in [6.07, 6.45) is 2.33. The Balaban J connectivity index is 0.00000140. The van der Waals surface area contributed by atoms with Gasteiger partial charge in [0.1, 0.15) is 0 Å². The average Bonchev–Trinajstić information content (AvgIpc) is 3.46. The standard InChI is InChI=1S/C20H23N5O.2ClH/c1-12-18-15(20(26)22-11-16(21)13-8-9-13)10-17(14-6-4-3-5-7-14)23-19(18)25(2)24-12;;/h3-7,10,13,16H,8-9,11,21H2,1-2H3,(H,22,26);2*1H. The molecule has 1 saturated carbocycles. The van der Waals surface area contributed by atoms with E-state index >= 15 is 0 Å². The third kappa shape index (κ3) is 4.29. The summed E-state index contributed by atoms with van der Waals surface area (Å²) in [7, 11) is 1.85. The van der Waals surface area contributed by atoms with Crippen LogP contribution in [0.2, 0.25) is 0 Å². The van der Waals surface area contributed by atoms with Crippen LogP contribution in [0.5, 0.6) is 0 Å². The van der Waals surface area contributed by atoms with Crippen LogP contribution in [0.3, 0.4) is 0 Å². The number of nitrogens with zero attached hydrogens (tertiary/aromatic N) is 3. The molecule has 6 nitrogen and oxygen atoms in total. The van der Waals surface area contributed by atoms with Crippen LogP contribution in [-0.4, -0.2) is 33.3 Å². The number of rotatable bonds is 5. The number of hydrogen-bond acceptors (Lipinski definition) is 4. The number of fused-ring (bicyclic) bond motifs is 1. The second-order valence-electron chi connectivity index (χ2n) is 7.04. The average molecular weight is 422 g/mol. The summed E-state index contributed by atoms with van der Waals surface area (Å²) in [5.74, 6) is 0.426. The molecule has 1 amide bonds. The summed E-state index contributed by atoms with van der Waals surface area (Å²) in [6.45, 7) is 2.40. The van der Waals surface area contributed by atoms with E-state index in [9.17, 15) is 4.79 Å². The molecule has 8 heteroatoms. The second-order valence-corrected chi connectivity index (χ2v) is 7.04. The van der Waals surface area contributed by atoms with Gasteiger partial charge in [-0.15, -0.1) is 24.8 Å². The molecule has 150 valence electrons. The minimum atomic E-state index is -0.123. The number of amides is 1. The lowest BCUT2D eigenvalue weighted by Crippen LogP contribution is -2.38. The topological polar surface area (TPSA) is 85.8 Å². The van der Waals surface area contributed by atoms with E-state index in [0.29, 0.717) is 23.7 Å². The monoisotopic (exact) mass is 421 g/mol. The summed E-state index contributed by atoms with van der Waals surface area (Å²) in [5.41, 5.74) is 9.97. The fourth-order valence-electron chi connectivity index (χ4n) is 3.38. The number of benzene rings is 1. The molecule has 1 unspecified atom stereocenters. The Bertz CT molecular complexity index is 970. The van der Waals surface area contributed by atoms with Crippen molar-refractivity contribution in [2.75, 3.05) is 6.54 Å². The summed E-state index contributed by atoms with van der Waals surface area (Å²) in [4.78, 5) is 17.7. The minimum absolute atomic E-state index is 0. The van der Waals surface area contributed by atoms with E-state index in [1.165, 1.54) is 0 Å². The zero-order valence-corrected chi connectivity index (χ0v) is 17.5. The fraction of sp³-hybridized carbons (Fsp3) is 0.350. The first-order valence-electron chi connectivity index (χ1n) is 8.98. The Morgan fingerprint density at radius 1 is 1.29 bits per heavy atom. The van der Waals surface area contributed by atoms with E-state index in [2.05, 4.69) is 10.4 Å². The fourth-order valence-corrected chi connectivity index (χ4v) is 3.38. The van der Waals surface area contributed by atoms with Gasteiger partial charge in [0, 0.05) is 25.2 Å². The van der Waals surface area contributed by atoms with Gasteiger partial charge in [0.25, 0.3) is 5.91 Å². The number of nitrogens with two attached hydrogens (primary N) is 1. The highest BCUT2D eigenvalue weighted by atomic mass is 35.5. The van der Waals surface area contributed by atoms with Gasteiger partial charge < -0.3 is 11.1 Å². The highest BCUT2D eigenvalue weighted by Gasteiger charge is 2.29. The summed E-state index contributed by atoms with van der Waals surface area (Å²) < 4.78 is 1.73. The third-order valence-corrected chi connectivity index (χ3v) is 5.01. The molecule has 0 radical (unpaired) electrons. The summed E-state index contributed by atoms with van der Waals surface area (Å²) >= 11 is 0. The second kappa shape index (κ2) is 8.90. The van der Waals surface area contributed by atoms with Gasteiger partial charge in [0.2, 0.25) is 0 Å². The molecule has 1 aliphatic carbocycles. The molecule has 1 aliphatic rings. The number of aromatic nitrogens is 3. The Labute approximate surface area is 176 Å². The van der Waals surface area contributed by atoms with E-state index in [1.54, 1.807) is 4.68 Å². The molecule has 28 heavy (non-hydrogen) atoms. The largest absolute Gasteiger partial charge is 0.350 e. The Morgan fingerprint density at radius 3 is 2.61 bits per heavy atom. The molecule has 0 spiro atoms. The lowest BCUT2D eigenvalue weighted by molar-refractivity contribution is 0.0952. The van der Waals surface area contributed by atoms with Crippen LogP contribution in [0.25, 0.3) is 22.3 Å². The van der Waals surface area contributed by atoms with E-state index in [0.717, 1.165) is 35.2 Å². The van der Waals surface area contributed by atoms with Crippen LogP contribution in [0.1, 0.15) is 28.9 Å². The van der Waals surface area contributed by atoms with Crippen molar-refractivity contribution in [3.05, 3.63) is 47.7 Å². The van der Waals surface area contributed by atoms with E-state index in [1.807, 2.05) is 50.4 Å². The Morgan fingerprint density at radius 2 is 1.96 bits per heavy atom. The molecule has 4 rings (SSSR count). The molecule has 2 aromatic heterocycles. The Kier molecular flexibility index (Phi) is 7.04. The molecular weight excluding hydrogens is 397 g/mol. The number of carbonyl (C=O) groups excluding carboxylic acids is 1. The van der Waals surface area contributed by atoms with E-state index < -0.39 is 0 Å². The highest BCUT2D eigenvalue weighted by molar-refractivity contribution is 6.07. The predicted molar refractivity (Wildman–Crippen MR) is 116 cm³/mol. The maximum absolute atomic E-state index is 12.9. The van der Waals surface area contributed by atoms with Gasteiger partial charge in [-0.25, -0.2) is 4.98 Å². The first-order valence-corrected chi connectivity index (χ1v) is 8.98. The zero-order chi connectivity index (χ0) is 18.3. The number of aryl methyl sites for hydroxylation is 2. The maximum Gasteiger partial charge on any atom is 0.252 e. The molecule has 1 atom stereocenters. The molecule has 3 aromatic rings. The molecule has 1 aromatic carbocycles. The predicted octanol–water partition coefficient (Wildman–Crippen LogP) is 3.25. The van der Waals surface area contributed by atoms with Crippen molar-refractivity contribution in [2.45, 2.75) is 25.8 Å². The number of carbonyl (C=O) groups is 1. The van der Waals surface area contributed by atoms with Crippen LogP contribution in [0.15, 0.2) is 36.4 Å². The molecular formula is C20H25Cl2N5O. The van der Waals surface area contributed by atoms with Crippen molar-refractivity contribution >= 4 is 41.8 Å². The molecule has 3 N–H and O–H groups in total. The number of nitrogens with one attached hydrogen (secondary N) is 1. The highest BCUT2D eigenvalue weighted by Crippen LogP contribution is 2.31. The molecule has 1 fully saturated rings. The normalized spacial score (nSPS) is 14.1. The Hall–Kier alpha value is -2.15. The van der Waals surface area contributed by atoms with Crippen LogP contribution in [0.4, 0.5) is 0 Å². The number of halogens is 2. The minimum Gasteiger partial charge on any atom is -0.350 e. The first-order chi connectivity index (χ1) is 12.5. The van der Waals surface area contributed by atoms with Crippen LogP contribution >= 0.6 is 24.8 Å². The number of pyridine rings is 1. The SMILES string of the molecule is Cc1nn(C)c2nc(-c3ccccc3)cc(C(=O)NCC(N)C3CC3)c12.Cl.Cl. The van der Waals surface area contributed by atoms with Gasteiger partial charge in [-0.2, -0.15) is 5.10 Å². The summed E-state index contributed by atoms with van der Waals surface area (Å²) in [5, 5.41) is 8.25. The van der Waals surface area contributed by atoms with Crippen molar-refractivity contribution in [3.63, 3.8) is 0 Å². The van der Waals surface area contributed by atoms with E-state index in [-0.39, 0.29) is 36.8 Å². The van der Waals surface area contributed by atoms with Crippen LogP contribution in [0, 0.1) is 12.8 Å². The van der Waals surface area contributed by atoms with Gasteiger partial charge in [-0.05, 0) is 31.7 Å². The van der Waals surface area contributed by atoms with Gasteiger partial charge in [-0.3, -0.25) is 9.48 Å². The van der Waals surface area contributed by atoms with Crippen molar-refractivity contribution in [1.29, 1.82) is 0 Å². The number of hydrogen-bond donors (Lipinski definition) is 2. The molecule has 0 saturated heterocycles. The lowest BCUT2D eigenvalue weighted by atomic mass is 10.0. The first kappa shape index (κ1) is 22.1. The van der Waals surface area contributed by atoms with Crippen molar-refractivity contribution in [1.82, 2.24) is 20.1 Å². The molecule has 2 heterocycles. The molecule has 0 bridgehead atoms. The quantitative estimate of drug-likeness (QED) is 0.661. The zero-order valence-electron chi connectivity index (χ0n) is 15.9. The van der Waals surface area contributed by atoms with E-state index in [4.69, 9.17) is 10.7 Å². The van der Waals surface area contributed by atoms with Gasteiger partial charge in [0.05, 0.1) is 22.3 Å². The molecule has 0 aliphatic heterocycles.